The molecule has 0 aliphatic rings. The van der Waals surface area contributed by atoms with Gasteiger partial charge >= 0.3 is 0 Å². The number of rotatable bonds is 3. The second kappa shape index (κ2) is 6.53. The quantitative estimate of drug-likeness (QED) is 0.540. The molecule has 0 aromatic carbocycles. The first-order valence-corrected chi connectivity index (χ1v) is 4.89. The molecule has 1 aromatic heterocycles. The van der Waals surface area contributed by atoms with Gasteiger partial charge in [0.05, 0.1) is 5.75 Å². The minimum absolute atomic E-state index is 0.511. The third kappa shape index (κ3) is 4.56. The Morgan fingerprint density at radius 2 is 2.15 bits per heavy atom. The van der Waals surface area contributed by atoms with Crippen LogP contribution in [0.5, 0.6) is 0 Å². The van der Waals surface area contributed by atoms with Crippen molar-refractivity contribution >= 4 is 11.8 Å². The van der Waals surface area contributed by atoms with E-state index in [1.165, 1.54) is 4.90 Å². The van der Waals surface area contributed by atoms with Crippen LogP contribution in [0.1, 0.15) is 0 Å². The summed E-state index contributed by atoms with van der Waals surface area (Å²) in [6, 6.07) is 3.95. The second-order valence-corrected chi connectivity index (χ2v) is 3.31. The van der Waals surface area contributed by atoms with E-state index in [1.807, 2.05) is 12.1 Å². The molecule has 13 heavy (non-hydrogen) atoms. The lowest BCUT2D eigenvalue weighted by molar-refractivity contribution is 0.240. The first kappa shape index (κ1) is 10.1. The Balaban J connectivity index is 2.25. The third-order valence-corrected chi connectivity index (χ3v) is 2.20. The fraction of sp³-hybridized carbons (Fsp3) is 0.300. The molecule has 0 bridgehead atoms. The summed E-state index contributed by atoms with van der Waals surface area (Å²) in [6.45, 7) is 0.511. The van der Waals surface area contributed by atoms with Gasteiger partial charge in [0.25, 0.3) is 0 Å². The molecule has 0 saturated heterocycles. The van der Waals surface area contributed by atoms with E-state index in [1.54, 1.807) is 31.3 Å². The Morgan fingerprint density at radius 1 is 1.38 bits per heavy atom. The van der Waals surface area contributed by atoms with Gasteiger partial charge in [0, 0.05) is 24.4 Å². The smallest absolute Gasteiger partial charge is 0.107 e. The normalized spacial score (nSPS) is 9.00. The van der Waals surface area contributed by atoms with Crippen LogP contribution in [0.2, 0.25) is 0 Å². The largest absolute Gasteiger partial charge is 0.372 e. The Morgan fingerprint density at radius 3 is 2.85 bits per heavy atom. The van der Waals surface area contributed by atoms with Gasteiger partial charge in [-0.05, 0) is 12.1 Å². The van der Waals surface area contributed by atoms with E-state index in [9.17, 15) is 0 Å². The molecule has 0 aliphatic carbocycles. The lowest BCUT2D eigenvalue weighted by atomic mass is 10.5. The Hall–Kier alpha value is -0.980. The average molecular weight is 193 g/mol. The van der Waals surface area contributed by atoms with Crippen molar-refractivity contribution in [3.63, 3.8) is 0 Å². The molecule has 1 heterocycles. The predicted octanol–water partition coefficient (Wildman–Crippen LogP) is 1.82. The number of hydrogen-bond acceptors (Lipinski definition) is 3. The summed E-state index contributed by atoms with van der Waals surface area (Å²) >= 11 is 1.70. The lowest BCUT2D eigenvalue weighted by Crippen LogP contribution is -1.82. The summed E-state index contributed by atoms with van der Waals surface area (Å²) in [7, 11) is 1.64. The highest BCUT2D eigenvalue weighted by molar-refractivity contribution is 7.99. The number of aromatic nitrogens is 1. The standard InChI is InChI=1S/C10H11NOS/c1-12-8-2-3-9-13-10-4-6-11-7-5-10/h4-7H,8-9H2,1H3. The molecule has 0 amide bonds. The molecule has 0 radical (unpaired) electrons. The van der Waals surface area contributed by atoms with Crippen molar-refractivity contribution in [3.8, 4) is 11.8 Å². The Kier molecular flexibility index (Phi) is 5.07. The number of nitrogens with zero attached hydrogens (tertiary/aromatic N) is 1. The van der Waals surface area contributed by atoms with E-state index in [0.717, 1.165) is 5.75 Å². The van der Waals surface area contributed by atoms with E-state index < -0.39 is 0 Å². The molecule has 0 fully saturated rings. The number of methoxy groups -OCH3 is 1. The molecule has 0 saturated carbocycles. The molecule has 68 valence electrons. The highest BCUT2D eigenvalue weighted by atomic mass is 32.2. The van der Waals surface area contributed by atoms with Gasteiger partial charge in [-0.25, -0.2) is 0 Å². The SMILES string of the molecule is COCC#CCSc1ccncc1. The molecule has 2 nitrogen and oxygen atoms in total. The van der Waals surface area contributed by atoms with E-state index in [0.29, 0.717) is 6.61 Å². The first-order chi connectivity index (χ1) is 6.43. The minimum atomic E-state index is 0.511. The van der Waals surface area contributed by atoms with Crippen molar-refractivity contribution in [3.05, 3.63) is 24.5 Å². The van der Waals surface area contributed by atoms with E-state index >= 15 is 0 Å². The number of hydrogen-bond donors (Lipinski definition) is 0. The van der Waals surface area contributed by atoms with E-state index in [4.69, 9.17) is 4.74 Å². The van der Waals surface area contributed by atoms with Crippen molar-refractivity contribution in [2.45, 2.75) is 4.90 Å². The van der Waals surface area contributed by atoms with Crippen LogP contribution in [0, 0.1) is 11.8 Å². The minimum Gasteiger partial charge on any atom is -0.372 e. The Labute approximate surface area is 82.7 Å². The molecular formula is C10H11NOS. The van der Waals surface area contributed by atoms with Gasteiger partial charge in [-0.15, -0.1) is 11.8 Å². The molecular weight excluding hydrogens is 182 g/mol. The summed E-state index contributed by atoms with van der Waals surface area (Å²) in [5.74, 6) is 6.70. The van der Waals surface area contributed by atoms with Crippen molar-refractivity contribution in [1.29, 1.82) is 0 Å². The van der Waals surface area contributed by atoms with Crippen LogP contribution in [-0.4, -0.2) is 24.5 Å². The second-order valence-electron chi connectivity index (χ2n) is 2.26. The summed E-state index contributed by atoms with van der Waals surface area (Å²) in [5.41, 5.74) is 0. The molecule has 0 aliphatic heterocycles. The monoisotopic (exact) mass is 193 g/mol. The molecule has 1 rings (SSSR count). The summed E-state index contributed by atoms with van der Waals surface area (Å²) in [6.07, 6.45) is 3.57. The van der Waals surface area contributed by atoms with Crippen molar-refractivity contribution in [1.82, 2.24) is 4.98 Å². The summed E-state index contributed by atoms with van der Waals surface area (Å²) < 4.78 is 4.80. The maximum atomic E-state index is 4.80. The zero-order chi connectivity index (χ0) is 9.36. The summed E-state index contributed by atoms with van der Waals surface area (Å²) in [5, 5.41) is 0. The van der Waals surface area contributed by atoms with E-state index in [-0.39, 0.29) is 0 Å². The summed E-state index contributed by atoms with van der Waals surface area (Å²) in [4.78, 5) is 5.13. The van der Waals surface area contributed by atoms with E-state index in [2.05, 4.69) is 16.8 Å². The Bertz CT molecular complexity index is 289. The highest BCUT2D eigenvalue weighted by Crippen LogP contribution is 2.14. The fourth-order valence-electron chi connectivity index (χ4n) is 0.728. The van der Waals surface area contributed by atoms with Crippen LogP contribution >= 0.6 is 11.8 Å². The van der Waals surface area contributed by atoms with Crippen LogP contribution < -0.4 is 0 Å². The van der Waals surface area contributed by atoms with Gasteiger partial charge in [-0.3, -0.25) is 4.98 Å². The van der Waals surface area contributed by atoms with Crippen molar-refractivity contribution in [2.24, 2.45) is 0 Å². The zero-order valence-electron chi connectivity index (χ0n) is 7.49. The van der Waals surface area contributed by atoms with Crippen LogP contribution in [0.25, 0.3) is 0 Å². The third-order valence-electron chi connectivity index (χ3n) is 1.30. The number of ether oxygens (including phenoxy) is 1. The predicted molar refractivity (Wildman–Crippen MR) is 54.6 cm³/mol. The molecule has 1 aromatic rings. The van der Waals surface area contributed by atoms with Gasteiger partial charge in [0.2, 0.25) is 0 Å². The maximum absolute atomic E-state index is 4.80. The molecule has 3 heteroatoms. The topological polar surface area (TPSA) is 22.1 Å². The fourth-order valence-corrected chi connectivity index (χ4v) is 1.38. The van der Waals surface area contributed by atoms with Gasteiger partial charge < -0.3 is 4.74 Å². The molecule has 0 N–H and O–H groups in total. The van der Waals surface area contributed by atoms with Gasteiger partial charge in [-0.1, -0.05) is 11.8 Å². The zero-order valence-corrected chi connectivity index (χ0v) is 8.30. The van der Waals surface area contributed by atoms with Gasteiger partial charge in [0.15, 0.2) is 0 Å². The lowest BCUT2D eigenvalue weighted by Gasteiger charge is -1.93. The number of pyridine rings is 1. The average Bonchev–Trinajstić information content (AvgIpc) is 2.19. The highest BCUT2D eigenvalue weighted by Gasteiger charge is 1.87. The molecule has 0 spiro atoms. The number of thioether (sulfide) groups is 1. The van der Waals surface area contributed by atoms with Crippen LogP contribution in [0.4, 0.5) is 0 Å². The van der Waals surface area contributed by atoms with Gasteiger partial charge in [0.1, 0.15) is 6.61 Å². The van der Waals surface area contributed by atoms with Crippen molar-refractivity contribution in [2.75, 3.05) is 19.5 Å². The first-order valence-electron chi connectivity index (χ1n) is 3.91. The van der Waals surface area contributed by atoms with Crippen LogP contribution in [0.3, 0.4) is 0 Å². The van der Waals surface area contributed by atoms with Gasteiger partial charge in [-0.2, -0.15) is 0 Å². The molecule has 0 unspecified atom stereocenters. The maximum Gasteiger partial charge on any atom is 0.107 e. The van der Waals surface area contributed by atoms with Crippen LogP contribution in [-0.2, 0) is 4.74 Å². The molecule has 0 atom stereocenters. The van der Waals surface area contributed by atoms with Crippen LogP contribution in [0.15, 0.2) is 29.4 Å². The van der Waals surface area contributed by atoms with Crippen molar-refractivity contribution < 1.29 is 4.74 Å².